The average Bonchev–Trinajstić information content (AvgIpc) is 3.24. The maximum Gasteiger partial charge on any atom is 0.257 e. The Hall–Kier alpha value is -2.15. The number of hydrogen-bond acceptors (Lipinski definition) is 5. The van der Waals surface area contributed by atoms with E-state index in [1.807, 2.05) is 42.9 Å². The molecule has 0 aliphatic carbocycles. The van der Waals surface area contributed by atoms with Gasteiger partial charge in [-0.3, -0.25) is 4.79 Å². The molecule has 1 saturated heterocycles. The third-order valence-corrected chi connectivity index (χ3v) is 4.88. The van der Waals surface area contributed by atoms with Gasteiger partial charge in [0, 0.05) is 24.7 Å². The predicted molar refractivity (Wildman–Crippen MR) is 94.6 cm³/mol. The number of carbonyl (C=O) groups is 1. The van der Waals surface area contributed by atoms with Crippen LogP contribution in [0, 0.1) is 6.92 Å². The van der Waals surface area contributed by atoms with Crippen LogP contribution < -0.4 is 0 Å². The van der Waals surface area contributed by atoms with Gasteiger partial charge in [0.25, 0.3) is 5.91 Å². The van der Waals surface area contributed by atoms with E-state index in [2.05, 4.69) is 36.0 Å². The number of furan rings is 1. The van der Waals surface area contributed by atoms with Crippen LogP contribution in [-0.2, 0) is 5.41 Å². The summed E-state index contributed by atoms with van der Waals surface area (Å²) in [5, 5.41) is 8.04. The van der Waals surface area contributed by atoms with Crippen molar-refractivity contribution in [2.24, 2.45) is 0 Å². The Morgan fingerprint density at radius 3 is 2.56 bits per heavy atom. The minimum atomic E-state index is -0.121. The van der Waals surface area contributed by atoms with Crippen LogP contribution >= 0.6 is 0 Å². The second kappa shape index (κ2) is 6.29. The molecule has 7 heteroatoms. The Kier molecular flexibility index (Phi) is 4.45. The van der Waals surface area contributed by atoms with E-state index in [0.29, 0.717) is 24.4 Å². The minimum absolute atomic E-state index is 0.0196. The topological polar surface area (TPSA) is 67.4 Å². The van der Waals surface area contributed by atoms with Gasteiger partial charge in [-0.15, -0.1) is 5.10 Å². The predicted octanol–water partition coefficient (Wildman–Crippen LogP) is 2.10. The molecule has 1 amide bonds. The van der Waals surface area contributed by atoms with E-state index in [4.69, 9.17) is 4.42 Å². The van der Waals surface area contributed by atoms with Crippen molar-refractivity contribution < 1.29 is 9.21 Å². The first-order valence-electron chi connectivity index (χ1n) is 8.61. The summed E-state index contributed by atoms with van der Waals surface area (Å²) >= 11 is 0. The molecule has 0 unspecified atom stereocenters. The second-order valence-electron chi connectivity index (χ2n) is 8.02. The lowest BCUT2D eigenvalue weighted by Crippen LogP contribution is -2.37. The number of carbonyl (C=O) groups excluding carboxylic acids is 1. The lowest BCUT2D eigenvalue weighted by atomic mass is 9.93. The molecule has 3 heterocycles. The molecule has 136 valence electrons. The van der Waals surface area contributed by atoms with E-state index in [-0.39, 0.29) is 23.4 Å². The van der Waals surface area contributed by atoms with Crippen molar-refractivity contribution in [2.45, 2.75) is 45.2 Å². The SMILES string of the molecule is Cc1oc(C(C)(C)C)cc1C(=O)N1C[C@@H](N(C)C)[C@@H](n2ccnn2)C1. The van der Waals surface area contributed by atoms with Gasteiger partial charge in [0.05, 0.1) is 23.8 Å². The number of aromatic nitrogens is 3. The van der Waals surface area contributed by atoms with Crippen LogP contribution in [0.3, 0.4) is 0 Å². The summed E-state index contributed by atoms with van der Waals surface area (Å²) in [7, 11) is 4.06. The van der Waals surface area contributed by atoms with Gasteiger partial charge in [-0.1, -0.05) is 26.0 Å². The molecule has 2 atom stereocenters. The van der Waals surface area contributed by atoms with Crippen molar-refractivity contribution in [1.82, 2.24) is 24.8 Å². The largest absolute Gasteiger partial charge is 0.465 e. The molecule has 0 radical (unpaired) electrons. The van der Waals surface area contributed by atoms with Crippen LogP contribution in [-0.4, -0.2) is 63.9 Å². The molecular formula is C18H27N5O2. The van der Waals surface area contributed by atoms with Crippen LogP contribution in [0.2, 0.25) is 0 Å². The van der Waals surface area contributed by atoms with Crippen LogP contribution in [0.15, 0.2) is 22.9 Å². The highest BCUT2D eigenvalue weighted by Gasteiger charge is 2.39. The van der Waals surface area contributed by atoms with Crippen molar-refractivity contribution in [3.63, 3.8) is 0 Å². The summed E-state index contributed by atoms with van der Waals surface area (Å²) < 4.78 is 7.70. The number of rotatable bonds is 3. The zero-order valence-electron chi connectivity index (χ0n) is 15.9. The third kappa shape index (κ3) is 3.33. The molecule has 2 aromatic rings. The van der Waals surface area contributed by atoms with Gasteiger partial charge in [-0.2, -0.15) is 0 Å². The molecule has 1 fully saturated rings. The number of likely N-dealkylation sites (N-methyl/N-ethyl adjacent to an activating group) is 1. The van der Waals surface area contributed by atoms with Crippen molar-refractivity contribution in [3.05, 3.63) is 35.5 Å². The lowest BCUT2D eigenvalue weighted by molar-refractivity contribution is 0.0779. The second-order valence-corrected chi connectivity index (χ2v) is 8.02. The molecule has 1 aliphatic rings. The number of nitrogens with zero attached hydrogens (tertiary/aromatic N) is 5. The summed E-state index contributed by atoms with van der Waals surface area (Å²) in [6.07, 6.45) is 3.53. The number of amides is 1. The first-order chi connectivity index (χ1) is 11.7. The Morgan fingerprint density at radius 1 is 1.32 bits per heavy atom. The van der Waals surface area contributed by atoms with E-state index >= 15 is 0 Å². The van der Waals surface area contributed by atoms with Gasteiger partial charge in [-0.25, -0.2) is 4.68 Å². The molecule has 7 nitrogen and oxygen atoms in total. The fraction of sp³-hybridized carbons (Fsp3) is 0.611. The molecule has 2 aromatic heterocycles. The monoisotopic (exact) mass is 345 g/mol. The number of likely N-dealkylation sites (tertiary alicyclic amines) is 1. The number of aryl methyl sites for hydroxylation is 1. The summed E-state index contributed by atoms with van der Waals surface area (Å²) in [5.74, 6) is 1.54. The lowest BCUT2D eigenvalue weighted by Gasteiger charge is -2.24. The van der Waals surface area contributed by atoms with Crippen molar-refractivity contribution in [3.8, 4) is 0 Å². The first-order valence-corrected chi connectivity index (χ1v) is 8.61. The highest BCUT2D eigenvalue weighted by molar-refractivity contribution is 5.95. The minimum Gasteiger partial charge on any atom is -0.465 e. The van der Waals surface area contributed by atoms with Gasteiger partial charge in [0.15, 0.2) is 0 Å². The maximum absolute atomic E-state index is 13.1. The van der Waals surface area contributed by atoms with Gasteiger partial charge < -0.3 is 14.2 Å². The van der Waals surface area contributed by atoms with E-state index in [9.17, 15) is 4.79 Å². The van der Waals surface area contributed by atoms with Gasteiger partial charge in [0.2, 0.25) is 0 Å². The molecule has 0 spiro atoms. The quantitative estimate of drug-likeness (QED) is 0.852. The fourth-order valence-corrected chi connectivity index (χ4v) is 3.33. The Labute approximate surface area is 148 Å². The third-order valence-electron chi connectivity index (χ3n) is 4.88. The number of hydrogen-bond donors (Lipinski definition) is 0. The van der Waals surface area contributed by atoms with Gasteiger partial charge >= 0.3 is 0 Å². The van der Waals surface area contributed by atoms with Crippen LogP contribution in [0.5, 0.6) is 0 Å². The summed E-state index contributed by atoms with van der Waals surface area (Å²) in [6, 6.07) is 2.18. The summed E-state index contributed by atoms with van der Waals surface area (Å²) in [5.41, 5.74) is 0.533. The van der Waals surface area contributed by atoms with Crippen molar-refractivity contribution >= 4 is 5.91 Å². The fourth-order valence-electron chi connectivity index (χ4n) is 3.33. The van der Waals surface area contributed by atoms with Gasteiger partial charge in [0.1, 0.15) is 11.5 Å². The zero-order chi connectivity index (χ0) is 18.4. The van der Waals surface area contributed by atoms with Gasteiger partial charge in [-0.05, 0) is 27.1 Å². The van der Waals surface area contributed by atoms with E-state index in [1.165, 1.54) is 0 Å². The highest BCUT2D eigenvalue weighted by Crippen LogP contribution is 2.30. The highest BCUT2D eigenvalue weighted by atomic mass is 16.3. The molecule has 0 saturated carbocycles. The molecule has 0 aromatic carbocycles. The molecule has 0 bridgehead atoms. The first kappa shape index (κ1) is 17.7. The van der Waals surface area contributed by atoms with Crippen LogP contribution in [0.1, 0.15) is 48.7 Å². The summed E-state index contributed by atoms with van der Waals surface area (Å²) in [6.45, 7) is 9.37. The van der Waals surface area contributed by atoms with Crippen LogP contribution in [0.25, 0.3) is 0 Å². The van der Waals surface area contributed by atoms with E-state index in [0.717, 1.165) is 5.76 Å². The van der Waals surface area contributed by atoms with E-state index in [1.54, 1.807) is 6.20 Å². The smallest absolute Gasteiger partial charge is 0.257 e. The molecule has 25 heavy (non-hydrogen) atoms. The molecule has 3 rings (SSSR count). The Morgan fingerprint density at radius 2 is 2.04 bits per heavy atom. The molecular weight excluding hydrogens is 318 g/mol. The van der Waals surface area contributed by atoms with Crippen molar-refractivity contribution in [2.75, 3.05) is 27.2 Å². The molecule has 1 aliphatic heterocycles. The Bertz CT molecular complexity index is 742. The maximum atomic E-state index is 13.1. The van der Waals surface area contributed by atoms with Crippen molar-refractivity contribution in [1.29, 1.82) is 0 Å². The van der Waals surface area contributed by atoms with Crippen LogP contribution in [0.4, 0.5) is 0 Å². The Balaban J connectivity index is 1.85. The van der Waals surface area contributed by atoms with E-state index < -0.39 is 0 Å². The molecule has 0 N–H and O–H groups in total. The summed E-state index contributed by atoms with van der Waals surface area (Å²) in [4.78, 5) is 17.1. The standard InChI is InChI=1S/C18H27N5O2/c1-12-13(9-16(25-12)18(2,3)4)17(24)22-10-14(21(5)6)15(11-22)23-8-7-19-20-23/h7-9,14-15H,10-11H2,1-6H3/t14-,15+/m1/s1. The zero-order valence-corrected chi connectivity index (χ0v) is 15.9. The normalized spacial score (nSPS) is 21.3. The average molecular weight is 345 g/mol.